The molecule has 0 amide bonds. The average molecular weight is 412 g/mol. The lowest BCUT2D eigenvalue weighted by molar-refractivity contribution is -0.132. The smallest absolute Gasteiger partial charge is 0.308 e. The molecule has 2 aromatic rings. The molecule has 0 spiro atoms. The van der Waals surface area contributed by atoms with Crippen LogP contribution in [0, 0.1) is 5.92 Å². The summed E-state index contributed by atoms with van der Waals surface area (Å²) in [6.45, 7) is 6.93. The zero-order valence-corrected chi connectivity index (χ0v) is 18.3. The highest BCUT2D eigenvalue weighted by molar-refractivity contribution is 5.71. The highest BCUT2D eigenvalue weighted by Gasteiger charge is 2.12. The van der Waals surface area contributed by atoms with E-state index in [2.05, 4.69) is 19.9 Å². The highest BCUT2D eigenvalue weighted by Crippen LogP contribution is 2.32. The van der Waals surface area contributed by atoms with Gasteiger partial charge in [0.05, 0.1) is 14.2 Å². The maximum Gasteiger partial charge on any atom is 0.308 e. The Morgan fingerprint density at radius 1 is 0.833 bits per heavy atom. The van der Waals surface area contributed by atoms with Gasteiger partial charge in [-0.05, 0) is 54.7 Å². The van der Waals surface area contributed by atoms with Gasteiger partial charge >= 0.3 is 11.9 Å². The van der Waals surface area contributed by atoms with Crippen LogP contribution in [-0.4, -0.2) is 26.2 Å². The molecule has 0 saturated carbocycles. The monoisotopic (exact) mass is 412 g/mol. The number of allylic oxidation sites excluding steroid dienone is 1. The lowest BCUT2D eigenvalue weighted by atomic mass is 9.93. The van der Waals surface area contributed by atoms with E-state index in [0.29, 0.717) is 23.0 Å². The Labute approximate surface area is 177 Å². The second-order valence-electron chi connectivity index (χ2n) is 7.08. The summed E-state index contributed by atoms with van der Waals surface area (Å²) in [5, 5.41) is 0. The first kappa shape index (κ1) is 23.0. The van der Waals surface area contributed by atoms with Gasteiger partial charge in [-0.25, -0.2) is 0 Å². The molecule has 1 atom stereocenters. The number of ether oxygens (including phenoxy) is 4. The number of methoxy groups -OCH3 is 2. The molecule has 0 heterocycles. The Morgan fingerprint density at radius 2 is 1.37 bits per heavy atom. The molecule has 160 valence electrons. The van der Waals surface area contributed by atoms with Crippen molar-refractivity contribution in [3.63, 3.8) is 0 Å². The predicted molar refractivity (Wildman–Crippen MR) is 115 cm³/mol. The third kappa shape index (κ3) is 6.37. The van der Waals surface area contributed by atoms with Crippen molar-refractivity contribution < 1.29 is 28.5 Å². The average Bonchev–Trinajstić information content (AvgIpc) is 2.69. The molecule has 0 N–H and O–H groups in total. The van der Waals surface area contributed by atoms with Gasteiger partial charge in [0.1, 0.15) is 0 Å². The van der Waals surface area contributed by atoms with Gasteiger partial charge in [0.2, 0.25) is 0 Å². The van der Waals surface area contributed by atoms with Crippen molar-refractivity contribution in [2.24, 2.45) is 5.92 Å². The molecule has 6 nitrogen and oxygen atoms in total. The van der Waals surface area contributed by atoms with Crippen LogP contribution in [0.2, 0.25) is 0 Å². The molecule has 0 radical (unpaired) electrons. The van der Waals surface area contributed by atoms with E-state index in [0.717, 1.165) is 17.5 Å². The van der Waals surface area contributed by atoms with Gasteiger partial charge in [-0.2, -0.15) is 0 Å². The molecule has 6 heteroatoms. The van der Waals surface area contributed by atoms with Gasteiger partial charge in [0.25, 0.3) is 0 Å². The predicted octanol–water partition coefficient (Wildman–Crippen LogP) is 4.84. The minimum absolute atomic E-state index is 0.258. The number of rotatable bonds is 8. The fourth-order valence-corrected chi connectivity index (χ4v) is 3.01. The van der Waals surface area contributed by atoms with E-state index in [9.17, 15) is 9.59 Å². The van der Waals surface area contributed by atoms with Crippen LogP contribution in [0.25, 0.3) is 6.08 Å². The van der Waals surface area contributed by atoms with E-state index in [1.165, 1.54) is 26.5 Å². The maximum atomic E-state index is 11.2. The molecule has 0 unspecified atom stereocenters. The van der Waals surface area contributed by atoms with Crippen molar-refractivity contribution in [3.8, 4) is 23.0 Å². The van der Waals surface area contributed by atoms with Gasteiger partial charge in [0.15, 0.2) is 23.0 Å². The van der Waals surface area contributed by atoms with Crippen molar-refractivity contribution in [3.05, 3.63) is 53.1 Å². The lowest BCUT2D eigenvalue weighted by Gasteiger charge is -2.15. The molecular weight excluding hydrogens is 384 g/mol. The topological polar surface area (TPSA) is 71.1 Å². The Kier molecular flexibility index (Phi) is 8.04. The quantitative estimate of drug-likeness (QED) is 0.457. The SMILES string of the molecule is COc1cc(/C=C(\C)[C@H](C)Cc2ccc(OC(C)=O)c(OC)c2)ccc1OC(C)=O. The van der Waals surface area contributed by atoms with Gasteiger partial charge in [-0.3, -0.25) is 9.59 Å². The van der Waals surface area contributed by atoms with Gasteiger partial charge in [-0.1, -0.05) is 30.7 Å². The largest absolute Gasteiger partial charge is 0.493 e. The first-order valence-electron chi connectivity index (χ1n) is 9.63. The number of esters is 2. The summed E-state index contributed by atoms with van der Waals surface area (Å²) >= 11 is 0. The standard InChI is InChI=1S/C24H28O6/c1-15(11-19-7-9-21(29-17(3)25)23(13-19)27-5)16(2)12-20-8-10-22(30-18(4)26)24(14-20)28-6/h7-11,13-14,16H,12H2,1-6H3/b15-11+/t16-/m1/s1. The van der Waals surface area contributed by atoms with Crippen LogP contribution in [0.15, 0.2) is 42.0 Å². The third-order valence-electron chi connectivity index (χ3n) is 4.64. The molecule has 0 bridgehead atoms. The molecule has 0 aliphatic carbocycles. The molecular formula is C24H28O6. The van der Waals surface area contributed by atoms with Crippen LogP contribution in [0.5, 0.6) is 23.0 Å². The van der Waals surface area contributed by atoms with Crippen LogP contribution >= 0.6 is 0 Å². The highest BCUT2D eigenvalue weighted by atomic mass is 16.6. The molecule has 0 fully saturated rings. The van der Waals surface area contributed by atoms with Crippen LogP contribution in [0.4, 0.5) is 0 Å². The molecule has 0 aliphatic heterocycles. The molecule has 2 aromatic carbocycles. The van der Waals surface area contributed by atoms with Gasteiger partial charge < -0.3 is 18.9 Å². The van der Waals surface area contributed by atoms with Crippen molar-refractivity contribution in [2.45, 2.75) is 34.1 Å². The molecule has 0 aliphatic rings. The first-order valence-corrected chi connectivity index (χ1v) is 9.63. The van der Waals surface area contributed by atoms with Crippen molar-refractivity contribution in [2.75, 3.05) is 14.2 Å². The van der Waals surface area contributed by atoms with Crippen LogP contribution in [0.3, 0.4) is 0 Å². The summed E-state index contributed by atoms with van der Waals surface area (Å²) in [6.07, 6.45) is 2.87. The number of carbonyl (C=O) groups is 2. The Balaban J connectivity index is 2.17. The van der Waals surface area contributed by atoms with E-state index in [1.807, 2.05) is 24.3 Å². The summed E-state index contributed by atoms with van der Waals surface area (Å²) in [4.78, 5) is 22.4. The summed E-state index contributed by atoms with van der Waals surface area (Å²) < 4.78 is 21.0. The van der Waals surface area contributed by atoms with Crippen LogP contribution < -0.4 is 18.9 Å². The number of hydrogen-bond donors (Lipinski definition) is 0. The van der Waals surface area contributed by atoms with E-state index < -0.39 is 5.97 Å². The van der Waals surface area contributed by atoms with Crippen molar-refractivity contribution in [1.82, 2.24) is 0 Å². The zero-order valence-electron chi connectivity index (χ0n) is 18.3. The second-order valence-corrected chi connectivity index (χ2v) is 7.08. The molecule has 2 rings (SSSR count). The minimum Gasteiger partial charge on any atom is -0.493 e. The zero-order chi connectivity index (χ0) is 22.3. The Hall–Kier alpha value is -3.28. The number of hydrogen-bond acceptors (Lipinski definition) is 6. The number of benzene rings is 2. The number of carbonyl (C=O) groups excluding carboxylic acids is 2. The minimum atomic E-state index is -0.392. The van der Waals surface area contributed by atoms with Crippen LogP contribution in [0.1, 0.15) is 38.8 Å². The van der Waals surface area contributed by atoms with Crippen LogP contribution in [-0.2, 0) is 16.0 Å². The van der Waals surface area contributed by atoms with E-state index in [4.69, 9.17) is 18.9 Å². The summed E-state index contributed by atoms with van der Waals surface area (Å²) in [5.41, 5.74) is 3.21. The van der Waals surface area contributed by atoms with Gasteiger partial charge in [0, 0.05) is 13.8 Å². The second kappa shape index (κ2) is 10.5. The van der Waals surface area contributed by atoms with Crippen molar-refractivity contribution in [1.29, 1.82) is 0 Å². The Morgan fingerprint density at radius 3 is 1.90 bits per heavy atom. The fraction of sp³-hybridized carbons (Fsp3) is 0.333. The summed E-state index contributed by atoms with van der Waals surface area (Å²) in [7, 11) is 3.09. The molecule has 0 saturated heterocycles. The molecule has 30 heavy (non-hydrogen) atoms. The summed E-state index contributed by atoms with van der Waals surface area (Å²) in [6, 6.07) is 11.0. The fourth-order valence-electron chi connectivity index (χ4n) is 3.01. The first-order chi connectivity index (χ1) is 14.2. The summed E-state index contributed by atoms with van der Waals surface area (Å²) in [5.74, 6) is 1.32. The Bertz CT molecular complexity index is 945. The van der Waals surface area contributed by atoms with Crippen molar-refractivity contribution >= 4 is 18.0 Å². The third-order valence-corrected chi connectivity index (χ3v) is 4.64. The maximum absolute atomic E-state index is 11.2. The normalized spacial score (nSPS) is 12.1. The van der Waals surface area contributed by atoms with E-state index in [1.54, 1.807) is 19.2 Å². The molecule has 0 aromatic heterocycles. The van der Waals surface area contributed by atoms with E-state index >= 15 is 0 Å². The lowest BCUT2D eigenvalue weighted by Crippen LogP contribution is -2.05. The van der Waals surface area contributed by atoms with Gasteiger partial charge in [-0.15, -0.1) is 0 Å². The van der Waals surface area contributed by atoms with E-state index in [-0.39, 0.29) is 11.9 Å².